The first-order valence-corrected chi connectivity index (χ1v) is 11.8. The highest BCUT2D eigenvalue weighted by Gasteiger charge is 2.20. The Bertz CT molecular complexity index is 999. The minimum atomic E-state index is -0.555. The highest BCUT2D eigenvalue weighted by Crippen LogP contribution is 2.24. The van der Waals surface area contributed by atoms with Gasteiger partial charge in [0, 0.05) is 55.8 Å². The van der Waals surface area contributed by atoms with E-state index in [1.807, 2.05) is 18.2 Å². The molecule has 2 heterocycles. The third kappa shape index (κ3) is 6.23. The standard InChI is InChI=1S/C25H29N3O3S/c1-19(29)20-7-9-24(10-8-20)31-17-23(30)16-28-13-11-27(12-14-28)15-22-18-32-25(26-22)21-5-3-2-4-6-21/h2-10,18,23,30H,11-17H2,1H3. The summed E-state index contributed by atoms with van der Waals surface area (Å²) in [7, 11) is 0. The molecule has 3 aromatic rings. The van der Waals surface area contributed by atoms with Crippen molar-refractivity contribution in [2.24, 2.45) is 0 Å². The summed E-state index contributed by atoms with van der Waals surface area (Å²) < 4.78 is 5.68. The molecular weight excluding hydrogens is 422 g/mol. The van der Waals surface area contributed by atoms with Crippen LogP contribution in [0.2, 0.25) is 0 Å². The molecule has 0 radical (unpaired) electrons. The van der Waals surface area contributed by atoms with Crippen molar-refractivity contribution in [3.63, 3.8) is 0 Å². The molecule has 1 aliphatic heterocycles. The summed E-state index contributed by atoms with van der Waals surface area (Å²) in [4.78, 5) is 20.8. The Balaban J connectivity index is 1.18. The van der Waals surface area contributed by atoms with E-state index in [0.29, 0.717) is 17.9 Å². The molecule has 1 N–H and O–H groups in total. The van der Waals surface area contributed by atoms with Gasteiger partial charge in [0.25, 0.3) is 0 Å². The maximum absolute atomic E-state index is 11.3. The number of aromatic nitrogens is 1. The van der Waals surface area contributed by atoms with E-state index in [1.54, 1.807) is 35.6 Å². The second kappa shape index (κ2) is 10.8. The van der Waals surface area contributed by atoms with Gasteiger partial charge in [0.05, 0.1) is 5.69 Å². The quantitative estimate of drug-likeness (QED) is 0.502. The molecule has 0 saturated carbocycles. The molecule has 0 aliphatic carbocycles. The first-order valence-electron chi connectivity index (χ1n) is 10.9. The van der Waals surface area contributed by atoms with E-state index in [4.69, 9.17) is 9.72 Å². The average molecular weight is 452 g/mol. The van der Waals surface area contributed by atoms with Crippen LogP contribution in [0.4, 0.5) is 0 Å². The van der Waals surface area contributed by atoms with Crippen molar-refractivity contribution in [1.29, 1.82) is 0 Å². The number of ether oxygens (including phenoxy) is 1. The molecule has 2 aromatic carbocycles. The van der Waals surface area contributed by atoms with Gasteiger partial charge in [0.2, 0.25) is 0 Å². The van der Waals surface area contributed by atoms with Crippen LogP contribution in [0.3, 0.4) is 0 Å². The van der Waals surface area contributed by atoms with Gasteiger partial charge in [0.15, 0.2) is 5.78 Å². The second-order valence-electron chi connectivity index (χ2n) is 8.13. The van der Waals surface area contributed by atoms with Crippen LogP contribution < -0.4 is 4.74 Å². The van der Waals surface area contributed by atoms with Crippen molar-refractivity contribution in [2.75, 3.05) is 39.3 Å². The zero-order chi connectivity index (χ0) is 22.3. The summed E-state index contributed by atoms with van der Waals surface area (Å²) >= 11 is 1.69. The Kier molecular flexibility index (Phi) is 7.65. The SMILES string of the molecule is CC(=O)c1ccc(OCC(O)CN2CCN(Cc3csc(-c4ccccc4)n3)CC2)cc1. The molecule has 7 heteroatoms. The lowest BCUT2D eigenvalue weighted by Gasteiger charge is -2.35. The fourth-order valence-corrected chi connectivity index (χ4v) is 4.60. The largest absolute Gasteiger partial charge is 0.491 e. The van der Waals surface area contributed by atoms with Gasteiger partial charge >= 0.3 is 0 Å². The van der Waals surface area contributed by atoms with Crippen LogP contribution in [0.5, 0.6) is 5.75 Å². The van der Waals surface area contributed by atoms with Crippen molar-refractivity contribution in [3.8, 4) is 16.3 Å². The van der Waals surface area contributed by atoms with Crippen molar-refractivity contribution >= 4 is 17.1 Å². The molecule has 0 spiro atoms. The number of carbonyl (C=O) groups is 1. The van der Waals surface area contributed by atoms with E-state index in [0.717, 1.165) is 43.4 Å². The Morgan fingerprint density at radius 2 is 1.75 bits per heavy atom. The Hall–Kier alpha value is -2.58. The van der Waals surface area contributed by atoms with Crippen LogP contribution in [-0.4, -0.2) is 71.1 Å². The molecule has 6 nitrogen and oxygen atoms in total. The summed E-state index contributed by atoms with van der Waals surface area (Å²) in [6.07, 6.45) is -0.555. The van der Waals surface area contributed by atoms with Gasteiger partial charge in [-0.1, -0.05) is 30.3 Å². The molecule has 0 bridgehead atoms. The normalized spacial score (nSPS) is 16.1. The fraction of sp³-hybridized carbons (Fsp3) is 0.360. The number of hydrogen-bond acceptors (Lipinski definition) is 7. The van der Waals surface area contributed by atoms with E-state index in [1.165, 1.54) is 12.5 Å². The lowest BCUT2D eigenvalue weighted by atomic mass is 10.1. The maximum Gasteiger partial charge on any atom is 0.159 e. The molecule has 1 fully saturated rings. The van der Waals surface area contributed by atoms with Crippen molar-refractivity contribution in [1.82, 2.24) is 14.8 Å². The number of piperazine rings is 1. The first-order chi connectivity index (χ1) is 15.6. The highest BCUT2D eigenvalue weighted by molar-refractivity contribution is 7.13. The summed E-state index contributed by atoms with van der Waals surface area (Å²) in [5, 5.41) is 13.6. The number of benzene rings is 2. The molecule has 168 valence electrons. The summed E-state index contributed by atoms with van der Waals surface area (Å²) in [5.41, 5.74) is 2.94. The summed E-state index contributed by atoms with van der Waals surface area (Å²) in [6.45, 7) is 6.98. The first kappa shape index (κ1) is 22.6. The zero-order valence-electron chi connectivity index (χ0n) is 18.3. The number of thiazole rings is 1. The second-order valence-corrected chi connectivity index (χ2v) is 8.99. The minimum Gasteiger partial charge on any atom is -0.491 e. The monoisotopic (exact) mass is 451 g/mol. The Morgan fingerprint density at radius 3 is 2.44 bits per heavy atom. The topological polar surface area (TPSA) is 65.9 Å². The fourth-order valence-electron chi connectivity index (χ4n) is 3.78. The molecule has 1 saturated heterocycles. The number of hydrogen-bond donors (Lipinski definition) is 1. The van der Waals surface area contributed by atoms with Crippen molar-refractivity contribution in [3.05, 3.63) is 71.2 Å². The third-order valence-electron chi connectivity index (χ3n) is 5.60. The van der Waals surface area contributed by atoms with Gasteiger partial charge in [-0.05, 0) is 31.2 Å². The number of β-amino-alcohol motifs (C(OH)–C–C–N with tert-alkyl or cyclic N) is 1. The van der Waals surface area contributed by atoms with Crippen molar-refractivity contribution < 1.29 is 14.6 Å². The lowest BCUT2D eigenvalue weighted by Crippen LogP contribution is -2.48. The molecule has 4 rings (SSSR count). The summed E-state index contributed by atoms with van der Waals surface area (Å²) in [5.74, 6) is 0.694. The number of aliphatic hydroxyl groups is 1. The smallest absolute Gasteiger partial charge is 0.159 e. The van der Waals surface area contributed by atoms with E-state index in [9.17, 15) is 9.90 Å². The van der Waals surface area contributed by atoms with E-state index < -0.39 is 6.10 Å². The number of nitrogens with zero attached hydrogens (tertiary/aromatic N) is 3. The van der Waals surface area contributed by atoms with Gasteiger partial charge < -0.3 is 9.84 Å². The average Bonchev–Trinajstić information content (AvgIpc) is 3.28. The van der Waals surface area contributed by atoms with Crippen LogP contribution >= 0.6 is 11.3 Å². The van der Waals surface area contributed by atoms with Gasteiger partial charge in [-0.2, -0.15) is 0 Å². The Labute approximate surface area is 193 Å². The van der Waals surface area contributed by atoms with Crippen LogP contribution in [0.15, 0.2) is 60.0 Å². The molecule has 1 atom stereocenters. The van der Waals surface area contributed by atoms with Crippen LogP contribution in [0.25, 0.3) is 10.6 Å². The highest BCUT2D eigenvalue weighted by atomic mass is 32.1. The third-order valence-corrected chi connectivity index (χ3v) is 6.54. The number of rotatable bonds is 9. The lowest BCUT2D eigenvalue weighted by molar-refractivity contribution is 0.0444. The minimum absolute atomic E-state index is 0.0298. The van der Waals surface area contributed by atoms with E-state index in [-0.39, 0.29) is 12.4 Å². The van der Waals surface area contributed by atoms with Crippen LogP contribution in [-0.2, 0) is 6.54 Å². The van der Waals surface area contributed by atoms with Gasteiger partial charge in [-0.15, -0.1) is 11.3 Å². The van der Waals surface area contributed by atoms with Gasteiger partial charge in [-0.3, -0.25) is 14.6 Å². The molecular formula is C25H29N3O3S. The van der Waals surface area contributed by atoms with Gasteiger partial charge in [0.1, 0.15) is 23.5 Å². The van der Waals surface area contributed by atoms with Gasteiger partial charge in [-0.25, -0.2) is 4.98 Å². The van der Waals surface area contributed by atoms with Crippen molar-refractivity contribution in [2.45, 2.75) is 19.6 Å². The maximum atomic E-state index is 11.3. The van der Waals surface area contributed by atoms with Crippen LogP contribution in [0, 0.1) is 0 Å². The number of carbonyl (C=O) groups excluding carboxylic acids is 1. The number of aliphatic hydroxyl groups excluding tert-OH is 1. The number of ketones is 1. The zero-order valence-corrected chi connectivity index (χ0v) is 19.1. The Morgan fingerprint density at radius 1 is 1.06 bits per heavy atom. The van der Waals surface area contributed by atoms with Crippen LogP contribution in [0.1, 0.15) is 23.0 Å². The number of Topliss-reactive ketones (excluding diaryl/α,β-unsaturated/α-hetero) is 1. The molecule has 1 aromatic heterocycles. The molecule has 0 amide bonds. The van der Waals surface area contributed by atoms with E-state index >= 15 is 0 Å². The van der Waals surface area contributed by atoms with E-state index in [2.05, 4.69) is 27.3 Å². The summed E-state index contributed by atoms with van der Waals surface area (Å²) in [6, 6.07) is 17.3. The molecule has 1 unspecified atom stereocenters. The molecule has 32 heavy (non-hydrogen) atoms. The predicted octanol–water partition coefficient (Wildman–Crippen LogP) is 3.57. The predicted molar refractivity (Wildman–Crippen MR) is 127 cm³/mol. The molecule has 1 aliphatic rings.